The van der Waals surface area contributed by atoms with Gasteiger partial charge in [-0.1, -0.05) is 17.8 Å². The number of benzene rings is 1. The van der Waals surface area contributed by atoms with E-state index in [4.69, 9.17) is 4.74 Å². The molecule has 3 aromatic rings. The molecule has 1 aromatic carbocycles. The number of carbonyl (C=O) groups excluding carboxylic acids is 1. The summed E-state index contributed by atoms with van der Waals surface area (Å²) in [5.41, 5.74) is 1.93. The summed E-state index contributed by atoms with van der Waals surface area (Å²) < 4.78 is 5.39. The SMILES string of the molecule is CC(Sc1n[nH]c(Cc2cccs2)n1)C(=O)Nc1ccc(N2CCOCC2)cc1. The van der Waals surface area contributed by atoms with Crippen LogP contribution in [0.5, 0.6) is 0 Å². The molecule has 0 saturated carbocycles. The van der Waals surface area contributed by atoms with Crippen LogP contribution in [0.15, 0.2) is 46.9 Å². The summed E-state index contributed by atoms with van der Waals surface area (Å²) in [6.07, 6.45) is 0.724. The molecule has 1 aliphatic rings. The van der Waals surface area contributed by atoms with Crippen LogP contribution in [0.25, 0.3) is 0 Å². The Labute approximate surface area is 177 Å². The maximum Gasteiger partial charge on any atom is 0.237 e. The fourth-order valence-electron chi connectivity index (χ4n) is 3.02. The lowest BCUT2D eigenvalue weighted by Gasteiger charge is -2.28. The quantitative estimate of drug-likeness (QED) is 0.560. The third kappa shape index (κ3) is 5.37. The van der Waals surface area contributed by atoms with E-state index in [1.807, 2.05) is 42.6 Å². The number of hydrogen-bond donors (Lipinski definition) is 2. The van der Waals surface area contributed by atoms with E-state index in [9.17, 15) is 4.79 Å². The van der Waals surface area contributed by atoms with Gasteiger partial charge in [0.05, 0.1) is 18.5 Å². The number of aromatic nitrogens is 3. The average Bonchev–Trinajstić information content (AvgIpc) is 3.42. The summed E-state index contributed by atoms with van der Waals surface area (Å²) in [6.45, 7) is 5.15. The molecule has 1 aliphatic heterocycles. The fraction of sp³-hybridized carbons (Fsp3) is 0.350. The van der Waals surface area contributed by atoms with E-state index < -0.39 is 0 Å². The van der Waals surface area contributed by atoms with Gasteiger partial charge in [0, 0.05) is 35.8 Å². The average molecular weight is 430 g/mol. The lowest BCUT2D eigenvalue weighted by Crippen LogP contribution is -2.36. The molecule has 9 heteroatoms. The minimum absolute atomic E-state index is 0.0706. The number of morpholine rings is 1. The number of thioether (sulfide) groups is 1. The standard InChI is InChI=1S/C20H23N5O2S2/c1-14(29-20-22-18(23-24-20)13-17-3-2-12-28-17)19(26)21-15-4-6-16(7-5-15)25-8-10-27-11-9-25/h2-7,12,14H,8-11,13H2,1H3,(H,21,26)(H,22,23,24). The second kappa shape index (κ2) is 9.43. The first kappa shape index (κ1) is 19.9. The van der Waals surface area contributed by atoms with Gasteiger partial charge in [-0.15, -0.1) is 16.4 Å². The molecule has 1 atom stereocenters. The van der Waals surface area contributed by atoms with Crippen LogP contribution in [-0.4, -0.2) is 52.6 Å². The summed E-state index contributed by atoms with van der Waals surface area (Å²) in [6, 6.07) is 12.0. The van der Waals surface area contributed by atoms with Gasteiger partial charge in [0.2, 0.25) is 11.1 Å². The van der Waals surface area contributed by atoms with E-state index in [0.717, 1.165) is 49.9 Å². The first-order valence-electron chi connectivity index (χ1n) is 9.51. The van der Waals surface area contributed by atoms with Crippen molar-refractivity contribution in [2.24, 2.45) is 0 Å². The van der Waals surface area contributed by atoms with Gasteiger partial charge in [-0.2, -0.15) is 0 Å². The number of thiophene rings is 1. The zero-order chi connectivity index (χ0) is 20.1. The maximum absolute atomic E-state index is 12.5. The molecule has 0 spiro atoms. The highest BCUT2D eigenvalue weighted by atomic mass is 32.2. The molecule has 1 fully saturated rings. The number of nitrogens with one attached hydrogen (secondary N) is 2. The second-order valence-electron chi connectivity index (χ2n) is 6.72. The van der Waals surface area contributed by atoms with Gasteiger partial charge in [0.15, 0.2) is 0 Å². The molecule has 7 nitrogen and oxygen atoms in total. The van der Waals surface area contributed by atoms with Crippen molar-refractivity contribution in [2.75, 3.05) is 36.5 Å². The Bertz CT molecular complexity index is 921. The number of amides is 1. The van der Waals surface area contributed by atoms with E-state index in [1.165, 1.54) is 16.6 Å². The van der Waals surface area contributed by atoms with Crippen LogP contribution in [-0.2, 0) is 16.0 Å². The molecule has 3 heterocycles. The Morgan fingerprint density at radius 1 is 1.31 bits per heavy atom. The lowest BCUT2D eigenvalue weighted by atomic mass is 10.2. The molecule has 1 saturated heterocycles. The Morgan fingerprint density at radius 2 is 2.10 bits per heavy atom. The molecule has 2 aromatic heterocycles. The van der Waals surface area contributed by atoms with E-state index in [-0.39, 0.29) is 11.2 Å². The number of aromatic amines is 1. The fourth-order valence-corrected chi connectivity index (χ4v) is 4.47. The van der Waals surface area contributed by atoms with Crippen molar-refractivity contribution >= 4 is 40.4 Å². The maximum atomic E-state index is 12.5. The molecular weight excluding hydrogens is 406 g/mol. The Hall–Kier alpha value is -2.36. The van der Waals surface area contributed by atoms with Crippen LogP contribution in [0.2, 0.25) is 0 Å². The van der Waals surface area contributed by atoms with Crippen LogP contribution in [0.1, 0.15) is 17.6 Å². The monoisotopic (exact) mass is 429 g/mol. The van der Waals surface area contributed by atoms with Gasteiger partial charge in [-0.05, 0) is 42.6 Å². The Kier molecular flexibility index (Phi) is 6.48. The van der Waals surface area contributed by atoms with Crippen molar-refractivity contribution in [1.29, 1.82) is 0 Å². The molecule has 152 valence electrons. The van der Waals surface area contributed by atoms with Crippen molar-refractivity contribution in [3.05, 3.63) is 52.5 Å². The normalized spacial score (nSPS) is 15.3. The topological polar surface area (TPSA) is 83.1 Å². The van der Waals surface area contributed by atoms with Gasteiger partial charge in [0.25, 0.3) is 0 Å². The Morgan fingerprint density at radius 3 is 2.83 bits per heavy atom. The van der Waals surface area contributed by atoms with Crippen molar-refractivity contribution in [3.63, 3.8) is 0 Å². The second-order valence-corrected chi connectivity index (χ2v) is 9.06. The van der Waals surface area contributed by atoms with Crippen molar-refractivity contribution in [3.8, 4) is 0 Å². The zero-order valence-corrected chi connectivity index (χ0v) is 17.8. The van der Waals surface area contributed by atoms with Crippen molar-refractivity contribution < 1.29 is 9.53 Å². The highest BCUT2D eigenvalue weighted by molar-refractivity contribution is 8.00. The summed E-state index contributed by atoms with van der Waals surface area (Å²) in [7, 11) is 0. The third-order valence-electron chi connectivity index (χ3n) is 4.60. The molecule has 1 amide bonds. The highest BCUT2D eigenvalue weighted by Gasteiger charge is 2.18. The molecule has 2 N–H and O–H groups in total. The van der Waals surface area contributed by atoms with E-state index >= 15 is 0 Å². The van der Waals surface area contributed by atoms with E-state index in [0.29, 0.717) is 5.16 Å². The Balaban J connectivity index is 1.29. The van der Waals surface area contributed by atoms with Gasteiger partial charge >= 0.3 is 0 Å². The smallest absolute Gasteiger partial charge is 0.237 e. The molecular formula is C20H23N5O2S2. The van der Waals surface area contributed by atoms with Crippen LogP contribution >= 0.6 is 23.1 Å². The number of rotatable bonds is 7. The van der Waals surface area contributed by atoms with Gasteiger partial charge in [-0.25, -0.2) is 4.98 Å². The lowest BCUT2D eigenvalue weighted by molar-refractivity contribution is -0.115. The van der Waals surface area contributed by atoms with Gasteiger partial charge < -0.3 is 15.0 Å². The van der Waals surface area contributed by atoms with Crippen LogP contribution < -0.4 is 10.2 Å². The molecule has 0 aliphatic carbocycles. The predicted octanol–water partition coefficient (Wildman–Crippen LogP) is 3.41. The van der Waals surface area contributed by atoms with E-state index in [1.54, 1.807) is 11.3 Å². The highest BCUT2D eigenvalue weighted by Crippen LogP contribution is 2.23. The third-order valence-corrected chi connectivity index (χ3v) is 6.43. The minimum Gasteiger partial charge on any atom is -0.378 e. The van der Waals surface area contributed by atoms with Crippen molar-refractivity contribution in [1.82, 2.24) is 15.2 Å². The number of hydrogen-bond acceptors (Lipinski definition) is 7. The van der Waals surface area contributed by atoms with Gasteiger partial charge in [-0.3, -0.25) is 9.89 Å². The van der Waals surface area contributed by atoms with Crippen LogP contribution in [0.3, 0.4) is 0 Å². The predicted molar refractivity (Wildman–Crippen MR) is 117 cm³/mol. The van der Waals surface area contributed by atoms with Gasteiger partial charge in [0.1, 0.15) is 5.82 Å². The number of anilines is 2. The number of H-pyrrole nitrogens is 1. The number of carbonyl (C=O) groups is 1. The zero-order valence-electron chi connectivity index (χ0n) is 16.1. The minimum atomic E-state index is -0.306. The number of ether oxygens (including phenoxy) is 1. The largest absolute Gasteiger partial charge is 0.378 e. The first-order chi connectivity index (χ1) is 14.2. The molecule has 4 rings (SSSR count). The molecule has 29 heavy (non-hydrogen) atoms. The molecule has 0 bridgehead atoms. The van der Waals surface area contributed by atoms with Crippen LogP contribution in [0.4, 0.5) is 11.4 Å². The summed E-state index contributed by atoms with van der Waals surface area (Å²) in [5.74, 6) is 0.736. The molecule has 1 unspecified atom stereocenters. The number of nitrogens with zero attached hydrogens (tertiary/aromatic N) is 3. The molecule has 0 radical (unpaired) electrons. The first-order valence-corrected chi connectivity index (χ1v) is 11.3. The summed E-state index contributed by atoms with van der Waals surface area (Å²) in [5, 5.41) is 12.5. The summed E-state index contributed by atoms with van der Waals surface area (Å²) >= 11 is 3.04. The van der Waals surface area contributed by atoms with Crippen LogP contribution in [0, 0.1) is 0 Å². The van der Waals surface area contributed by atoms with E-state index in [2.05, 4.69) is 31.5 Å². The summed E-state index contributed by atoms with van der Waals surface area (Å²) in [4.78, 5) is 20.5. The van der Waals surface area contributed by atoms with Crippen molar-refractivity contribution in [2.45, 2.75) is 23.8 Å².